The molecule has 0 saturated carbocycles. The predicted molar refractivity (Wildman–Crippen MR) is 66.0 cm³/mol. The van der Waals surface area contributed by atoms with Crippen molar-refractivity contribution in [2.75, 3.05) is 13.7 Å². The largest absolute Gasteiger partial charge is 0.871 e. The third-order valence-electron chi connectivity index (χ3n) is 2.42. The van der Waals surface area contributed by atoms with Crippen LogP contribution in [0.3, 0.4) is 0 Å². The Kier molecular flexibility index (Phi) is 5.09. The van der Waals surface area contributed by atoms with Crippen molar-refractivity contribution in [3.8, 4) is 5.75 Å². The Morgan fingerprint density at radius 1 is 1.50 bits per heavy atom. The van der Waals surface area contributed by atoms with E-state index in [1.807, 2.05) is 20.8 Å². The summed E-state index contributed by atoms with van der Waals surface area (Å²) in [7, 11) is 1.63. The fourth-order valence-corrected chi connectivity index (χ4v) is 1.37. The molecule has 0 aromatic carbocycles. The van der Waals surface area contributed by atoms with Crippen molar-refractivity contribution >= 4 is 5.91 Å². The van der Waals surface area contributed by atoms with Gasteiger partial charge in [0.25, 0.3) is 0 Å². The highest BCUT2D eigenvalue weighted by molar-refractivity contribution is 5.77. The summed E-state index contributed by atoms with van der Waals surface area (Å²) in [6.07, 6.45) is 0.00881. The summed E-state index contributed by atoms with van der Waals surface area (Å²) in [6, 6.07) is 3.14. The number of aromatic nitrogens is 1. The van der Waals surface area contributed by atoms with E-state index in [9.17, 15) is 9.90 Å². The number of hydrogen-bond acceptors (Lipinski definition) is 4. The fraction of sp³-hybridized carbons (Fsp3) is 0.538. The molecule has 0 unspecified atom stereocenters. The molecule has 0 saturated heterocycles. The summed E-state index contributed by atoms with van der Waals surface area (Å²) >= 11 is 0. The number of pyridine rings is 1. The number of aryl methyl sites for hydroxylation is 1. The first-order chi connectivity index (χ1) is 8.40. The lowest BCUT2D eigenvalue weighted by Gasteiger charge is -2.21. The zero-order chi connectivity index (χ0) is 13.7. The molecule has 0 atom stereocenters. The molecule has 0 aliphatic carbocycles. The van der Waals surface area contributed by atoms with Gasteiger partial charge in [-0.05, 0) is 26.8 Å². The molecule has 0 aliphatic heterocycles. The number of nitrogens with zero attached hydrogens (tertiary/aromatic N) is 2. The summed E-state index contributed by atoms with van der Waals surface area (Å²) in [5, 5.41) is 11.6. The highest BCUT2D eigenvalue weighted by atomic mass is 16.5. The predicted octanol–water partition coefficient (Wildman–Crippen LogP) is 0.847. The van der Waals surface area contributed by atoms with Crippen molar-refractivity contribution in [2.24, 2.45) is 0 Å². The number of amides is 1. The number of likely N-dealkylation sites (N-methyl/N-ethyl adjacent to an activating group) is 1. The molecular weight excluding hydrogens is 232 g/mol. The normalized spacial score (nSPS) is 10.7. The summed E-state index contributed by atoms with van der Waals surface area (Å²) < 4.78 is 5.23. The maximum atomic E-state index is 11.7. The standard InChI is InChI=1S/C13H20N2O3/c1-9(2)18-8-13(17)15(4)7-11-12(16)6-5-10(3)14-11/h5-6,9,16H,7-8H2,1-4H3/p-1. The van der Waals surface area contributed by atoms with Crippen LogP contribution in [0, 0.1) is 6.92 Å². The molecular formula is C13H19N2O3-. The molecule has 1 aromatic heterocycles. The van der Waals surface area contributed by atoms with Crippen LogP contribution in [0.1, 0.15) is 25.2 Å². The number of carbonyl (C=O) groups is 1. The summed E-state index contributed by atoms with van der Waals surface area (Å²) in [5.41, 5.74) is 1.15. The average molecular weight is 251 g/mol. The number of hydrogen-bond donors (Lipinski definition) is 0. The van der Waals surface area contributed by atoms with E-state index in [-0.39, 0.29) is 30.9 Å². The van der Waals surface area contributed by atoms with Gasteiger partial charge in [-0.2, -0.15) is 0 Å². The van der Waals surface area contributed by atoms with Crippen LogP contribution in [0.4, 0.5) is 0 Å². The third-order valence-corrected chi connectivity index (χ3v) is 2.42. The fourth-order valence-electron chi connectivity index (χ4n) is 1.37. The Balaban J connectivity index is 2.60. The van der Waals surface area contributed by atoms with E-state index in [1.165, 1.54) is 11.0 Å². The van der Waals surface area contributed by atoms with Gasteiger partial charge in [-0.15, -0.1) is 0 Å². The van der Waals surface area contributed by atoms with Gasteiger partial charge in [0.1, 0.15) is 6.61 Å². The molecule has 0 fully saturated rings. The van der Waals surface area contributed by atoms with Gasteiger partial charge in [0.2, 0.25) is 5.91 Å². The maximum absolute atomic E-state index is 11.7. The Labute approximate surface area is 107 Å². The Morgan fingerprint density at radius 3 is 2.78 bits per heavy atom. The molecule has 0 N–H and O–H groups in total. The zero-order valence-electron chi connectivity index (χ0n) is 11.3. The van der Waals surface area contributed by atoms with E-state index >= 15 is 0 Å². The van der Waals surface area contributed by atoms with Crippen LogP contribution in [0.2, 0.25) is 0 Å². The van der Waals surface area contributed by atoms with Gasteiger partial charge in [0, 0.05) is 12.7 Å². The first-order valence-corrected chi connectivity index (χ1v) is 5.89. The zero-order valence-corrected chi connectivity index (χ0v) is 11.3. The van der Waals surface area contributed by atoms with E-state index < -0.39 is 0 Å². The summed E-state index contributed by atoms with van der Waals surface area (Å²) in [4.78, 5) is 17.3. The van der Waals surface area contributed by atoms with E-state index in [4.69, 9.17) is 4.74 Å². The van der Waals surface area contributed by atoms with Crippen LogP contribution in [-0.2, 0) is 16.1 Å². The highest BCUT2D eigenvalue weighted by Gasteiger charge is 2.11. The maximum Gasteiger partial charge on any atom is 0.248 e. The van der Waals surface area contributed by atoms with Gasteiger partial charge in [0.05, 0.1) is 18.3 Å². The first kappa shape index (κ1) is 14.4. The molecule has 1 heterocycles. The monoisotopic (exact) mass is 251 g/mol. The SMILES string of the molecule is Cc1ccc([O-])c(CN(C)C(=O)COC(C)C)n1. The quantitative estimate of drug-likeness (QED) is 0.778. The molecule has 0 radical (unpaired) electrons. The summed E-state index contributed by atoms with van der Waals surface area (Å²) in [5.74, 6) is -0.309. The lowest BCUT2D eigenvalue weighted by atomic mass is 10.2. The molecule has 0 bridgehead atoms. The molecule has 5 nitrogen and oxygen atoms in total. The van der Waals surface area contributed by atoms with Crippen LogP contribution in [0.15, 0.2) is 12.1 Å². The van der Waals surface area contributed by atoms with Crippen LogP contribution in [0.5, 0.6) is 5.75 Å². The van der Waals surface area contributed by atoms with Crippen molar-refractivity contribution in [3.63, 3.8) is 0 Å². The summed E-state index contributed by atoms with van der Waals surface area (Å²) in [6.45, 7) is 5.78. The van der Waals surface area contributed by atoms with Gasteiger partial charge in [0.15, 0.2) is 0 Å². The minimum Gasteiger partial charge on any atom is -0.871 e. The van der Waals surface area contributed by atoms with Crippen molar-refractivity contribution in [1.29, 1.82) is 0 Å². The topological polar surface area (TPSA) is 65.5 Å². The van der Waals surface area contributed by atoms with Gasteiger partial charge >= 0.3 is 0 Å². The van der Waals surface area contributed by atoms with E-state index in [2.05, 4.69) is 4.98 Å². The van der Waals surface area contributed by atoms with Crippen molar-refractivity contribution in [3.05, 3.63) is 23.5 Å². The van der Waals surface area contributed by atoms with Crippen LogP contribution in [-0.4, -0.2) is 35.5 Å². The first-order valence-electron chi connectivity index (χ1n) is 5.89. The molecule has 100 valence electrons. The van der Waals surface area contributed by atoms with Crippen molar-refractivity contribution in [2.45, 2.75) is 33.4 Å². The van der Waals surface area contributed by atoms with E-state index in [0.717, 1.165) is 5.69 Å². The van der Waals surface area contributed by atoms with Crippen molar-refractivity contribution < 1.29 is 14.6 Å². The smallest absolute Gasteiger partial charge is 0.248 e. The second-order valence-corrected chi connectivity index (χ2v) is 4.51. The second kappa shape index (κ2) is 6.35. The Bertz CT molecular complexity index is 419. The molecule has 18 heavy (non-hydrogen) atoms. The van der Waals surface area contributed by atoms with Crippen LogP contribution in [0.25, 0.3) is 0 Å². The lowest BCUT2D eigenvalue weighted by Crippen LogP contribution is -2.31. The van der Waals surface area contributed by atoms with E-state index in [0.29, 0.717) is 5.69 Å². The number of ether oxygens (including phenoxy) is 1. The molecule has 1 rings (SSSR count). The lowest BCUT2D eigenvalue weighted by molar-refractivity contribution is -0.270. The van der Waals surface area contributed by atoms with E-state index in [1.54, 1.807) is 13.1 Å². The molecule has 1 aromatic rings. The molecule has 0 aliphatic rings. The van der Waals surface area contributed by atoms with Gasteiger partial charge in [-0.3, -0.25) is 9.78 Å². The highest BCUT2D eigenvalue weighted by Crippen LogP contribution is 2.13. The van der Waals surface area contributed by atoms with Gasteiger partial charge < -0.3 is 14.7 Å². The number of carbonyl (C=O) groups excluding carboxylic acids is 1. The third kappa shape index (κ3) is 4.33. The molecule has 0 spiro atoms. The van der Waals surface area contributed by atoms with Gasteiger partial charge in [-0.25, -0.2) is 0 Å². The minimum absolute atomic E-state index is 0.00881. The van der Waals surface area contributed by atoms with Crippen LogP contribution >= 0.6 is 0 Å². The minimum atomic E-state index is -0.161. The molecule has 5 heteroatoms. The average Bonchev–Trinajstić information content (AvgIpc) is 2.30. The molecule has 1 amide bonds. The van der Waals surface area contributed by atoms with Gasteiger partial charge in [-0.1, -0.05) is 11.8 Å². The Morgan fingerprint density at radius 2 is 2.17 bits per heavy atom. The number of rotatable bonds is 5. The van der Waals surface area contributed by atoms with Crippen LogP contribution < -0.4 is 5.11 Å². The Hall–Kier alpha value is -1.62. The van der Waals surface area contributed by atoms with Crippen molar-refractivity contribution in [1.82, 2.24) is 9.88 Å². The second-order valence-electron chi connectivity index (χ2n) is 4.51.